The number of fused-ring (bicyclic) bond motifs is 1. The highest BCUT2D eigenvalue weighted by Gasteiger charge is 2.66. The summed E-state index contributed by atoms with van der Waals surface area (Å²) < 4.78 is 11.5. The summed E-state index contributed by atoms with van der Waals surface area (Å²) >= 11 is 2.17. The van der Waals surface area contributed by atoms with Crippen molar-refractivity contribution in [3.8, 4) is 5.75 Å². The number of carboxylic acids is 3. The van der Waals surface area contributed by atoms with Crippen LogP contribution in [0.25, 0.3) is 0 Å². The van der Waals surface area contributed by atoms with Gasteiger partial charge in [-0.15, -0.1) is 16.9 Å². The maximum absolute atomic E-state index is 13.3. The number of carbonyl (C=O) groups is 5. The second-order valence-electron chi connectivity index (χ2n) is 8.56. The van der Waals surface area contributed by atoms with Gasteiger partial charge in [0.25, 0.3) is 11.6 Å². The zero-order valence-electron chi connectivity index (χ0n) is 21.1. The first-order valence-corrected chi connectivity index (χ1v) is 13.6. The van der Waals surface area contributed by atoms with Crippen molar-refractivity contribution in [2.24, 2.45) is 5.73 Å². The van der Waals surface area contributed by atoms with Gasteiger partial charge < -0.3 is 35.8 Å². The monoisotopic (exact) mass is 609 g/mol. The fourth-order valence-corrected chi connectivity index (χ4v) is 6.52. The summed E-state index contributed by atoms with van der Waals surface area (Å²) in [5.74, 6) is -4.82. The number of benzene rings is 1. The third-order valence-electron chi connectivity index (χ3n) is 5.99. The summed E-state index contributed by atoms with van der Waals surface area (Å²) in [5.41, 5.74) is 4.63. The lowest BCUT2D eigenvalue weighted by Crippen LogP contribution is -2.81. The first-order valence-electron chi connectivity index (χ1n) is 11.6. The molecule has 0 bridgehead atoms. The van der Waals surface area contributed by atoms with Crippen molar-refractivity contribution >= 4 is 53.2 Å². The molecule has 1 saturated heterocycles. The molecule has 0 aliphatic carbocycles. The van der Waals surface area contributed by atoms with Gasteiger partial charge in [0, 0.05) is 18.6 Å². The van der Waals surface area contributed by atoms with Crippen molar-refractivity contribution in [1.82, 2.24) is 30.4 Å². The van der Waals surface area contributed by atoms with Crippen LogP contribution in [0.3, 0.4) is 0 Å². The molecule has 218 valence electrons. The summed E-state index contributed by atoms with van der Waals surface area (Å²) in [6.07, 6.45) is 0. The van der Waals surface area contributed by atoms with Crippen LogP contribution in [0.1, 0.15) is 11.6 Å². The van der Waals surface area contributed by atoms with Gasteiger partial charge in [-0.05, 0) is 33.7 Å². The molecule has 3 atom stereocenters. The maximum Gasteiger partial charge on any atom is 0.352 e. The molecule has 2 aliphatic heterocycles. The third-order valence-corrected chi connectivity index (χ3v) is 8.40. The number of nitrogens with zero attached hydrogens (tertiary/aromatic N) is 5. The number of hydrogen-bond donors (Lipinski definition) is 5. The molecule has 17 nitrogen and oxygen atoms in total. The maximum atomic E-state index is 13.3. The fraction of sp³-hybridized carbons (Fsp3) is 0.364. The smallest absolute Gasteiger partial charge is 0.352 e. The van der Waals surface area contributed by atoms with Crippen molar-refractivity contribution in [1.29, 1.82) is 0 Å². The number of rotatable bonds is 13. The predicted octanol–water partition coefficient (Wildman–Crippen LogP) is -1.27. The number of methoxy groups -OCH3 is 1. The van der Waals surface area contributed by atoms with Crippen molar-refractivity contribution in [2.45, 2.75) is 28.8 Å². The fourth-order valence-electron chi connectivity index (χ4n) is 4.06. The Labute approximate surface area is 239 Å². The van der Waals surface area contributed by atoms with Gasteiger partial charge in [0.1, 0.15) is 29.4 Å². The SMILES string of the molecule is CO[C@@]1(NC(=O)C(N)c2ccc(OCC(=O)O)cc2)C(=O)N2C(C(=O)O)=C(CSc3nnnn3CC(=O)O)CS[C@@H]21. The van der Waals surface area contributed by atoms with E-state index in [0.717, 1.165) is 33.1 Å². The van der Waals surface area contributed by atoms with Crippen molar-refractivity contribution in [3.63, 3.8) is 0 Å². The molecule has 41 heavy (non-hydrogen) atoms. The normalized spacial score (nSPS) is 20.6. The van der Waals surface area contributed by atoms with Crippen molar-refractivity contribution < 1.29 is 48.8 Å². The van der Waals surface area contributed by atoms with E-state index >= 15 is 0 Å². The number of nitrogens with two attached hydrogens (primary N) is 1. The van der Waals surface area contributed by atoms with Crippen LogP contribution < -0.4 is 15.8 Å². The van der Waals surface area contributed by atoms with Crippen LogP contribution >= 0.6 is 23.5 Å². The quantitative estimate of drug-likeness (QED) is 0.101. The lowest BCUT2D eigenvalue weighted by molar-refractivity contribution is -0.192. The van der Waals surface area contributed by atoms with Gasteiger partial charge in [0.2, 0.25) is 11.1 Å². The van der Waals surface area contributed by atoms with Gasteiger partial charge in [0.15, 0.2) is 6.61 Å². The molecular formula is C22H23N7O10S2. The number of amides is 2. The van der Waals surface area contributed by atoms with Gasteiger partial charge in [-0.2, -0.15) is 0 Å². The minimum atomic E-state index is -1.88. The molecule has 0 spiro atoms. The van der Waals surface area contributed by atoms with Crippen LogP contribution in [-0.2, 0) is 35.3 Å². The Morgan fingerprint density at radius 1 is 1.22 bits per heavy atom. The number of hydrogen-bond acceptors (Lipinski definition) is 13. The molecule has 1 unspecified atom stereocenters. The summed E-state index contributed by atoms with van der Waals surface area (Å²) in [7, 11) is 1.20. The Kier molecular flexibility index (Phi) is 8.80. The molecule has 1 aromatic heterocycles. The Bertz CT molecular complexity index is 1420. The van der Waals surface area contributed by atoms with Gasteiger partial charge in [-0.3, -0.25) is 19.3 Å². The van der Waals surface area contributed by atoms with Gasteiger partial charge >= 0.3 is 17.9 Å². The minimum absolute atomic E-state index is 0.0501. The highest BCUT2D eigenvalue weighted by molar-refractivity contribution is 8.01. The van der Waals surface area contributed by atoms with E-state index in [1.54, 1.807) is 0 Å². The van der Waals surface area contributed by atoms with Crippen LogP contribution in [0.15, 0.2) is 40.7 Å². The zero-order chi connectivity index (χ0) is 29.9. The molecule has 2 aliphatic rings. The van der Waals surface area contributed by atoms with Gasteiger partial charge in [-0.25, -0.2) is 14.3 Å². The molecule has 6 N–H and O–H groups in total. The summed E-state index contributed by atoms with van der Waals surface area (Å²) in [5, 5.41) is 40.2. The summed E-state index contributed by atoms with van der Waals surface area (Å²) in [6.45, 7) is -1.03. The average molecular weight is 610 g/mol. The van der Waals surface area contributed by atoms with E-state index in [-0.39, 0.29) is 28.1 Å². The number of aliphatic carboxylic acids is 3. The molecule has 0 saturated carbocycles. The van der Waals surface area contributed by atoms with E-state index in [1.165, 1.54) is 31.4 Å². The number of carbonyl (C=O) groups excluding carboxylic acids is 2. The second-order valence-corrected chi connectivity index (χ2v) is 10.6. The Morgan fingerprint density at radius 3 is 2.54 bits per heavy atom. The minimum Gasteiger partial charge on any atom is -0.482 e. The van der Waals surface area contributed by atoms with E-state index in [0.29, 0.717) is 11.1 Å². The predicted molar refractivity (Wildman–Crippen MR) is 138 cm³/mol. The van der Waals surface area contributed by atoms with E-state index in [9.17, 15) is 29.1 Å². The molecule has 3 heterocycles. The number of β-lactam (4-membered cyclic amide) rings is 1. The van der Waals surface area contributed by atoms with E-state index < -0.39 is 60.0 Å². The highest BCUT2D eigenvalue weighted by Crippen LogP contribution is 2.47. The lowest BCUT2D eigenvalue weighted by Gasteiger charge is -2.56. The standard InChI is InChI=1S/C22H23N7O10S2/c1-38-22(24-17(34)15(23)10-2-4-12(5-3-10)39-7-14(32)33)19(37)29-16(18(35)36)11(8-40-20(22)29)9-41-21-25-26-27-28(21)6-13(30)31/h2-5,15,20H,6-9,23H2,1H3,(H,24,34)(H,30,31)(H,32,33)(H,35,36)/t15?,20-,22+/m1/s1. The van der Waals surface area contributed by atoms with Crippen LogP contribution in [0.4, 0.5) is 0 Å². The number of tetrazole rings is 1. The first kappa shape index (κ1) is 29.8. The number of carboxylic acid groups (broad SMARTS) is 3. The number of aromatic nitrogens is 4. The largest absolute Gasteiger partial charge is 0.482 e. The van der Waals surface area contributed by atoms with E-state index in [2.05, 4.69) is 20.8 Å². The van der Waals surface area contributed by atoms with Crippen molar-refractivity contribution in [2.75, 3.05) is 25.2 Å². The molecule has 1 fully saturated rings. The average Bonchev–Trinajstić information content (AvgIpc) is 3.38. The topological polar surface area (TPSA) is 249 Å². The van der Waals surface area contributed by atoms with Crippen LogP contribution in [0, 0.1) is 0 Å². The van der Waals surface area contributed by atoms with E-state index in [1.807, 2.05) is 0 Å². The molecule has 4 rings (SSSR count). The number of nitrogens with one attached hydrogen (secondary N) is 1. The Hall–Kier alpha value is -4.20. The van der Waals surface area contributed by atoms with Crippen LogP contribution in [-0.4, -0.2) is 106 Å². The first-order chi connectivity index (χ1) is 19.5. The summed E-state index contributed by atoms with van der Waals surface area (Å²) in [4.78, 5) is 61.3. The molecule has 1 aromatic carbocycles. The Morgan fingerprint density at radius 2 is 1.93 bits per heavy atom. The number of ether oxygens (including phenoxy) is 2. The Balaban J connectivity index is 1.48. The summed E-state index contributed by atoms with van der Waals surface area (Å²) in [6, 6.07) is 4.56. The van der Waals surface area contributed by atoms with Crippen LogP contribution in [0.5, 0.6) is 5.75 Å². The second kappa shape index (κ2) is 12.1. The zero-order valence-corrected chi connectivity index (χ0v) is 22.8. The number of thioether (sulfide) groups is 2. The molecular weight excluding hydrogens is 586 g/mol. The lowest BCUT2D eigenvalue weighted by atomic mass is 9.97. The molecule has 2 amide bonds. The third kappa shape index (κ3) is 5.97. The molecule has 19 heteroatoms. The van der Waals surface area contributed by atoms with Crippen molar-refractivity contribution in [3.05, 3.63) is 41.1 Å². The molecule has 2 aromatic rings. The molecule has 0 radical (unpaired) electrons. The van der Waals surface area contributed by atoms with Crippen LogP contribution in [0.2, 0.25) is 0 Å². The van der Waals surface area contributed by atoms with E-state index in [4.69, 9.17) is 25.4 Å². The highest BCUT2D eigenvalue weighted by atomic mass is 32.2. The van der Waals surface area contributed by atoms with Gasteiger partial charge in [0.05, 0.1) is 0 Å². The van der Waals surface area contributed by atoms with Gasteiger partial charge in [-0.1, -0.05) is 23.9 Å².